The molecule has 0 amide bonds. The fraction of sp³-hybridized carbons (Fsp3) is 0.394. The molecule has 1 aromatic rings. The molecule has 7 heteroatoms. The van der Waals surface area contributed by atoms with E-state index in [1.165, 1.54) is 12.2 Å². The highest BCUT2D eigenvalue weighted by atomic mass is 16.6. The minimum absolute atomic E-state index is 0.150. The molecule has 1 N–H and O–H groups in total. The first-order valence-electron chi connectivity index (χ1n) is 13.5. The maximum atomic E-state index is 13.5. The molecule has 0 aromatic heterocycles. The van der Waals surface area contributed by atoms with Crippen LogP contribution in [0.15, 0.2) is 95.3 Å². The van der Waals surface area contributed by atoms with Gasteiger partial charge in [0, 0.05) is 16.9 Å². The van der Waals surface area contributed by atoms with Gasteiger partial charge in [0.2, 0.25) is 0 Å². The van der Waals surface area contributed by atoms with Crippen molar-refractivity contribution in [3.8, 4) is 0 Å². The number of benzene rings is 1. The Kier molecular flexibility index (Phi) is 7.07. The Bertz CT molecular complexity index is 1420. The molecule has 7 nitrogen and oxygen atoms in total. The zero-order valence-corrected chi connectivity index (χ0v) is 23.2. The first kappa shape index (κ1) is 27.6. The monoisotopic (exact) mass is 542 g/mol. The van der Waals surface area contributed by atoms with E-state index in [0.29, 0.717) is 17.6 Å². The zero-order valence-electron chi connectivity index (χ0n) is 23.2. The summed E-state index contributed by atoms with van der Waals surface area (Å²) in [6, 6.07) is 8.64. The van der Waals surface area contributed by atoms with E-state index in [9.17, 15) is 19.5 Å². The van der Waals surface area contributed by atoms with Gasteiger partial charge in [-0.2, -0.15) is 0 Å². The number of carbonyl (C=O) groups is 3. The number of carbonyl (C=O) groups excluding carboxylic acids is 3. The van der Waals surface area contributed by atoms with Gasteiger partial charge in [0.15, 0.2) is 12.2 Å². The molecule has 1 aromatic carbocycles. The number of hydrogen-bond donors (Lipinski definition) is 1. The quantitative estimate of drug-likeness (QED) is 0.235. The van der Waals surface area contributed by atoms with Gasteiger partial charge in [0.25, 0.3) is 0 Å². The summed E-state index contributed by atoms with van der Waals surface area (Å²) in [5.41, 5.74) is 1.76. The van der Waals surface area contributed by atoms with E-state index < -0.39 is 46.5 Å². The molecule has 5 rings (SSSR count). The van der Waals surface area contributed by atoms with Gasteiger partial charge in [-0.25, -0.2) is 14.4 Å². The summed E-state index contributed by atoms with van der Waals surface area (Å²) in [4.78, 5) is 38.5. The van der Waals surface area contributed by atoms with Crippen molar-refractivity contribution in [2.45, 2.75) is 58.3 Å². The lowest BCUT2D eigenvalue weighted by atomic mass is 9.44. The number of allylic oxidation sites excluding steroid dienone is 2. The first-order valence-corrected chi connectivity index (χ1v) is 13.5. The van der Waals surface area contributed by atoms with Crippen molar-refractivity contribution in [2.24, 2.45) is 16.7 Å². The largest absolute Gasteiger partial charge is 0.458 e. The summed E-state index contributed by atoms with van der Waals surface area (Å²) in [6.45, 7) is 7.74. The van der Waals surface area contributed by atoms with Crippen molar-refractivity contribution in [3.05, 3.63) is 101 Å². The second-order valence-corrected chi connectivity index (χ2v) is 11.5. The molecule has 1 saturated carbocycles. The second kappa shape index (κ2) is 10.2. The van der Waals surface area contributed by atoms with Gasteiger partial charge >= 0.3 is 17.9 Å². The summed E-state index contributed by atoms with van der Waals surface area (Å²) >= 11 is 0. The minimum atomic E-state index is -1.68. The van der Waals surface area contributed by atoms with Crippen LogP contribution in [0.3, 0.4) is 0 Å². The Labute approximate surface area is 234 Å². The van der Waals surface area contributed by atoms with Crippen molar-refractivity contribution in [1.29, 1.82) is 0 Å². The lowest BCUT2D eigenvalue weighted by Crippen LogP contribution is -2.72. The Morgan fingerprint density at radius 2 is 1.82 bits per heavy atom. The highest BCUT2D eigenvalue weighted by Crippen LogP contribution is 2.63. The summed E-state index contributed by atoms with van der Waals surface area (Å²) in [6.07, 6.45) is 11.2. The first-order chi connectivity index (χ1) is 19.0. The van der Waals surface area contributed by atoms with E-state index in [1.807, 2.05) is 32.9 Å². The van der Waals surface area contributed by atoms with Gasteiger partial charge in [0.05, 0.1) is 11.1 Å². The van der Waals surface area contributed by atoms with Crippen LogP contribution in [0.2, 0.25) is 0 Å². The van der Waals surface area contributed by atoms with Crippen LogP contribution in [0.5, 0.6) is 0 Å². The zero-order chi connectivity index (χ0) is 28.7. The molecule has 0 saturated heterocycles. The molecule has 40 heavy (non-hydrogen) atoms. The molecule has 1 fully saturated rings. The summed E-state index contributed by atoms with van der Waals surface area (Å²) in [5.74, 6) is -1.82. The van der Waals surface area contributed by atoms with Crippen LogP contribution >= 0.6 is 0 Å². The topological polar surface area (TPSA) is 99.1 Å². The van der Waals surface area contributed by atoms with Gasteiger partial charge in [-0.05, 0) is 68.5 Å². The predicted molar refractivity (Wildman–Crippen MR) is 148 cm³/mol. The number of esters is 3. The average Bonchev–Trinajstić information content (AvgIpc) is 3.62. The number of hydrogen-bond acceptors (Lipinski definition) is 7. The molecule has 0 spiro atoms. The van der Waals surface area contributed by atoms with Gasteiger partial charge in [-0.15, -0.1) is 5.73 Å². The molecule has 1 aliphatic heterocycles. The highest BCUT2D eigenvalue weighted by molar-refractivity contribution is 5.93. The predicted octanol–water partition coefficient (Wildman–Crippen LogP) is 4.95. The van der Waals surface area contributed by atoms with Crippen molar-refractivity contribution in [2.75, 3.05) is 6.61 Å². The smallest absolute Gasteiger partial charge is 0.339 e. The standard InChI is InChI=1S/C33H34O7/c1-21-11-10-16-25-31(2,18-17-22-19-26(34)38-20-22)33(4,37)28(40-30(36)24-14-8-9-15-24)27(32(21,25)3)39-29(35)23-12-6-5-7-13-23/h5-8,11-15,17-19,25,27-28,37H,10,16,20H2,1-4H3/t25-,27?,28?,31?,32?,33?/m1/s1. The highest BCUT2D eigenvalue weighted by Gasteiger charge is 2.69. The number of aliphatic hydroxyl groups is 1. The average molecular weight is 543 g/mol. The Balaban J connectivity index is 1.63. The van der Waals surface area contributed by atoms with Crippen LogP contribution in [-0.4, -0.2) is 47.4 Å². The van der Waals surface area contributed by atoms with Crippen molar-refractivity contribution in [3.63, 3.8) is 0 Å². The van der Waals surface area contributed by atoms with Crippen LogP contribution in [0.25, 0.3) is 0 Å². The van der Waals surface area contributed by atoms with Crippen molar-refractivity contribution < 1.29 is 33.7 Å². The third kappa shape index (κ3) is 4.49. The number of fused-ring (bicyclic) bond motifs is 1. The van der Waals surface area contributed by atoms with Crippen LogP contribution in [0.4, 0.5) is 0 Å². The van der Waals surface area contributed by atoms with E-state index in [2.05, 4.69) is 11.8 Å². The van der Waals surface area contributed by atoms with Crippen molar-refractivity contribution >= 4 is 17.9 Å². The van der Waals surface area contributed by atoms with Gasteiger partial charge in [-0.1, -0.05) is 55.8 Å². The van der Waals surface area contributed by atoms with Crippen LogP contribution < -0.4 is 0 Å². The lowest BCUT2D eigenvalue weighted by molar-refractivity contribution is -0.258. The maximum Gasteiger partial charge on any atom is 0.339 e. The molecule has 4 aliphatic rings. The van der Waals surface area contributed by atoms with Crippen LogP contribution in [0, 0.1) is 16.7 Å². The summed E-state index contributed by atoms with van der Waals surface area (Å²) in [5, 5.41) is 12.5. The van der Waals surface area contributed by atoms with Gasteiger partial charge in [-0.3, -0.25) is 0 Å². The molecule has 0 bridgehead atoms. The molecule has 5 unspecified atom stereocenters. The van der Waals surface area contributed by atoms with Gasteiger partial charge in [0.1, 0.15) is 12.2 Å². The number of ether oxygens (including phenoxy) is 3. The van der Waals surface area contributed by atoms with E-state index in [1.54, 1.807) is 49.4 Å². The van der Waals surface area contributed by atoms with Crippen molar-refractivity contribution in [1.82, 2.24) is 0 Å². The molecule has 1 heterocycles. The molecule has 3 aliphatic carbocycles. The molecule has 0 radical (unpaired) electrons. The maximum absolute atomic E-state index is 13.5. The minimum Gasteiger partial charge on any atom is -0.458 e. The summed E-state index contributed by atoms with van der Waals surface area (Å²) in [7, 11) is 0. The fourth-order valence-corrected chi connectivity index (χ4v) is 6.68. The third-order valence-corrected chi connectivity index (χ3v) is 9.35. The van der Waals surface area contributed by atoms with Crippen LogP contribution in [0.1, 0.15) is 50.9 Å². The number of rotatable bonds is 6. The lowest BCUT2D eigenvalue weighted by Gasteiger charge is -2.64. The van der Waals surface area contributed by atoms with E-state index in [4.69, 9.17) is 14.2 Å². The molecule has 208 valence electrons. The molecular formula is C33H34O7. The molecule has 6 atom stereocenters. The number of cyclic esters (lactones) is 1. The Morgan fingerprint density at radius 1 is 1.10 bits per heavy atom. The third-order valence-electron chi connectivity index (χ3n) is 9.35. The van der Waals surface area contributed by atoms with Gasteiger partial charge < -0.3 is 19.3 Å². The van der Waals surface area contributed by atoms with E-state index in [0.717, 1.165) is 12.0 Å². The Morgan fingerprint density at radius 3 is 2.48 bits per heavy atom. The van der Waals surface area contributed by atoms with E-state index in [-0.39, 0.29) is 18.1 Å². The van der Waals surface area contributed by atoms with E-state index >= 15 is 0 Å². The van der Waals surface area contributed by atoms with Crippen LogP contribution in [-0.2, 0) is 23.8 Å². The fourth-order valence-electron chi connectivity index (χ4n) is 6.68. The normalized spacial score (nSPS) is 34.6. The summed E-state index contributed by atoms with van der Waals surface area (Å²) < 4.78 is 17.4. The molecular weight excluding hydrogens is 508 g/mol. The second-order valence-electron chi connectivity index (χ2n) is 11.5. The SMILES string of the molecule is CC1=CCC[C@H]2C1(C)C(OC(=O)c1ccccc1)C(OC(=O)C1=CC=C=C1)C(C)(O)C2(C)C=CC1=CC(=O)OC1. The Hall–Kier alpha value is -3.93.